The molecule has 5 heteroatoms. The van der Waals surface area contributed by atoms with Crippen LogP contribution in [0.2, 0.25) is 0 Å². The van der Waals surface area contributed by atoms with Gasteiger partial charge in [0, 0.05) is 11.6 Å². The Morgan fingerprint density at radius 3 is 2.25 bits per heavy atom. The fourth-order valence-corrected chi connectivity index (χ4v) is 2.61. The predicted molar refractivity (Wildman–Crippen MR) is 74.1 cm³/mol. The monoisotopic (exact) mass is 277 g/mol. The molecule has 0 radical (unpaired) electrons. The van der Waals surface area contributed by atoms with Gasteiger partial charge in [-0.05, 0) is 49.9 Å². The normalized spacial score (nSPS) is 20.9. The number of benzene rings is 1. The molecule has 1 fully saturated rings. The van der Waals surface area contributed by atoms with Crippen LogP contribution in [0.1, 0.15) is 34.3 Å². The summed E-state index contributed by atoms with van der Waals surface area (Å²) in [7, 11) is 1.61. The lowest BCUT2D eigenvalue weighted by atomic mass is 9.80. The van der Waals surface area contributed by atoms with Crippen LogP contribution >= 0.6 is 0 Å². The number of aliphatic carboxylic acids is 1. The lowest BCUT2D eigenvalue weighted by Gasteiger charge is -2.32. The molecule has 1 aliphatic carbocycles. The Morgan fingerprint density at radius 2 is 1.80 bits per heavy atom. The van der Waals surface area contributed by atoms with Crippen molar-refractivity contribution in [2.75, 3.05) is 7.11 Å². The first-order valence-corrected chi connectivity index (χ1v) is 6.61. The summed E-state index contributed by atoms with van der Waals surface area (Å²) in [6.07, 6.45) is 1.02. The third kappa shape index (κ3) is 2.76. The van der Waals surface area contributed by atoms with Crippen molar-refractivity contribution < 1.29 is 19.4 Å². The van der Waals surface area contributed by atoms with Crippen molar-refractivity contribution in [3.05, 3.63) is 28.8 Å². The van der Waals surface area contributed by atoms with E-state index < -0.39 is 5.97 Å². The van der Waals surface area contributed by atoms with Crippen LogP contribution in [0.3, 0.4) is 0 Å². The topological polar surface area (TPSA) is 75.6 Å². The maximum absolute atomic E-state index is 12.1. The fourth-order valence-electron chi connectivity index (χ4n) is 2.61. The lowest BCUT2D eigenvalue weighted by molar-refractivity contribution is -0.145. The largest absolute Gasteiger partial charge is 0.496 e. The number of amides is 1. The molecule has 1 aromatic carbocycles. The summed E-state index contributed by atoms with van der Waals surface area (Å²) < 4.78 is 5.27. The van der Waals surface area contributed by atoms with E-state index in [1.54, 1.807) is 19.2 Å². The summed E-state index contributed by atoms with van der Waals surface area (Å²) in [6.45, 7) is 3.79. The van der Waals surface area contributed by atoms with E-state index in [1.807, 2.05) is 13.8 Å². The van der Waals surface area contributed by atoms with Gasteiger partial charge in [0.05, 0.1) is 13.0 Å². The second-order valence-electron chi connectivity index (χ2n) is 5.32. The van der Waals surface area contributed by atoms with Crippen LogP contribution < -0.4 is 10.1 Å². The van der Waals surface area contributed by atoms with Gasteiger partial charge in [0.1, 0.15) is 5.75 Å². The van der Waals surface area contributed by atoms with E-state index in [-0.39, 0.29) is 17.9 Å². The second-order valence-corrected chi connectivity index (χ2v) is 5.32. The molecule has 1 saturated carbocycles. The SMILES string of the molecule is COc1c(C)cc(C(=O)NC2CC(C(=O)O)C2)cc1C. The molecule has 1 aliphatic rings. The Balaban J connectivity index is 2.02. The molecule has 2 rings (SSSR count). The maximum Gasteiger partial charge on any atom is 0.306 e. The molecular weight excluding hydrogens is 258 g/mol. The molecule has 0 saturated heterocycles. The Kier molecular flexibility index (Phi) is 3.97. The zero-order valence-electron chi connectivity index (χ0n) is 11.9. The molecule has 0 heterocycles. The van der Waals surface area contributed by atoms with E-state index in [4.69, 9.17) is 9.84 Å². The van der Waals surface area contributed by atoms with Gasteiger partial charge in [-0.2, -0.15) is 0 Å². The number of carbonyl (C=O) groups excluding carboxylic acids is 1. The average molecular weight is 277 g/mol. The third-order valence-corrected chi connectivity index (χ3v) is 3.75. The number of carboxylic acids is 1. The first-order valence-electron chi connectivity index (χ1n) is 6.61. The first kappa shape index (κ1) is 14.4. The molecule has 2 N–H and O–H groups in total. The Morgan fingerprint density at radius 1 is 1.25 bits per heavy atom. The number of methoxy groups -OCH3 is 1. The van der Waals surface area contributed by atoms with E-state index in [1.165, 1.54) is 0 Å². The summed E-state index contributed by atoms with van der Waals surface area (Å²) in [4.78, 5) is 22.8. The van der Waals surface area contributed by atoms with E-state index in [0.29, 0.717) is 18.4 Å². The molecule has 0 unspecified atom stereocenters. The number of carbonyl (C=O) groups is 2. The van der Waals surface area contributed by atoms with Crippen LogP contribution in [0.15, 0.2) is 12.1 Å². The number of carboxylic acid groups (broad SMARTS) is 1. The molecule has 1 aromatic rings. The predicted octanol–water partition coefficient (Wildman–Crippen LogP) is 1.91. The van der Waals surface area contributed by atoms with Crippen molar-refractivity contribution in [2.24, 2.45) is 5.92 Å². The third-order valence-electron chi connectivity index (χ3n) is 3.75. The fraction of sp³-hybridized carbons (Fsp3) is 0.467. The van der Waals surface area contributed by atoms with Crippen molar-refractivity contribution in [1.82, 2.24) is 5.32 Å². The van der Waals surface area contributed by atoms with Gasteiger partial charge in [0.2, 0.25) is 0 Å². The van der Waals surface area contributed by atoms with Crippen LogP contribution in [-0.2, 0) is 4.79 Å². The number of hydrogen-bond acceptors (Lipinski definition) is 3. The summed E-state index contributed by atoms with van der Waals surface area (Å²) >= 11 is 0. The highest BCUT2D eigenvalue weighted by Gasteiger charge is 2.35. The summed E-state index contributed by atoms with van der Waals surface area (Å²) in [5.74, 6) is -0.477. The van der Waals surface area contributed by atoms with Crippen molar-refractivity contribution in [3.63, 3.8) is 0 Å². The van der Waals surface area contributed by atoms with Crippen molar-refractivity contribution in [3.8, 4) is 5.75 Å². The zero-order valence-corrected chi connectivity index (χ0v) is 11.9. The van der Waals surface area contributed by atoms with Gasteiger partial charge in [0.25, 0.3) is 5.91 Å². The molecule has 20 heavy (non-hydrogen) atoms. The van der Waals surface area contributed by atoms with Gasteiger partial charge in [-0.3, -0.25) is 9.59 Å². The molecule has 0 spiro atoms. The highest BCUT2D eigenvalue weighted by atomic mass is 16.5. The minimum atomic E-state index is -0.786. The average Bonchev–Trinajstić information content (AvgIpc) is 2.31. The van der Waals surface area contributed by atoms with Crippen molar-refractivity contribution in [2.45, 2.75) is 32.7 Å². The zero-order chi connectivity index (χ0) is 14.9. The molecule has 108 valence electrons. The molecule has 5 nitrogen and oxygen atoms in total. The number of hydrogen-bond donors (Lipinski definition) is 2. The van der Waals surface area contributed by atoms with Crippen LogP contribution in [0.25, 0.3) is 0 Å². The van der Waals surface area contributed by atoms with Gasteiger partial charge in [0.15, 0.2) is 0 Å². The van der Waals surface area contributed by atoms with Gasteiger partial charge in [-0.1, -0.05) is 0 Å². The standard InChI is InChI=1S/C15H19NO4/c1-8-4-10(5-9(2)13(8)20-3)14(17)16-12-6-11(7-12)15(18)19/h4-5,11-12H,6-7H2,1-3H3,(H,16,17)(H,18,19). The Labute approximate surface area is 117 Å². The lowest BCUT2D eigenvalue weighted by Crippen LogP contribution is -2.46. The van der Waals surface area contributed by atoms with Gasteiger partial charge >= 0.3 is 5.97 Å². The first-order chi connectivity index (χ1) is 9.42. The van der Waals surface area contributed by atoms with E-state index in [0.717, 1.165) is 16.9 Å². The van der Waals surface area contributed by atoms with E-state index in [2.05, 4.69) is 5.32 Å². The number of aryl methyl sites for hydroxylation is 2. The molecule has 0 bridgehead atoms. The molecule has 0 atom stereocenters. The highest BCUT2D eigenvalue weighted by Crippen LogP contribution is 2.28. The number of nitrogens with one attached hydrogen (secondary N) is 1. The minimum Gasteiger partial charge on any atom is -0.496 e. The van der Waals surface area contributed by atoms with Crippen LogP contribution in [0, 0.1) is 19.8 Å². The quantitative estimate of drug-likeness (QED) is 0.881. The van der Waals surface area contributed by atoms with E-state index in [9.17, 15) is 9.59 Å². The minimum absolute atomic E-state index is 0.0358. The Hall–Kier alpha value is -2.04. The summed E-state index contributed by atoms with van der Waals surface area (Å²) in [6, 6.07) is 3.54. The molecular formula is C15H19NO4. The molecule has 0 aromatic heterocycles. The Bertz CT molecular complexity index is 524. The van der Waals surface area contributed by atoms with Crippen LogP contribution in [0.5, 0.6) is 5.75 Å². The second kappa shape index (κ2) is 5.53. The maximum atomic E-state index is 12.1. The molecule has 0 aliphatic heterocycles. The van der Waals surface area contributed by atoms with Crippen molar-refractivity contribution >= 4 is 11.9 Å². The summed E-state index contributed by atoms with van der Waals surface area (Å²) in [5.41, 5.74) is 2.41. The van der Waals surface area contributed by atoms with Crippen LogP contribution in [-0.4, -0.2) is 30.1 Å². The van der Waals surface area contributed by atoms with Gasteiger partial charge < -0.3 is 15.2 Å². The van der Waals surface area contributed by atoms with Gasteiger partial charge in [-0.15, -0.1) is 0 Å². The number of ether oxygens (including phenoxy) is 1. The smallest absolute Gasteiger partial charge is 0.306 e. The highest BCUT2D eigenvalue weighted by molar-refractivity contribution is 5.95. The van der Waals surface area contributed by atoms with Gasteiger partial charge in [-0.25, -0.2) is 0 Å². The van der Waals surface area contributed by atoms with Crippen LogP contribution in [0.4, 0.5) is 0 Å². The number of rotatable bonds is 4. The molecule has 1 amide bonds. The van der Waals surface area contributed by atoms with E-state index >= 15 is 0 Å². The van der Waals surface area contributed by atoms with Crippen molar-refractivity contribution in [1.29, 1.82) is 0 Å². The summed E-state index contributed by atoms with van der Waals surface area (Å²) in [5, 5.41) is 11.7.